The Labute approximate surface area is 121 Å². The standard InChI is InChI=1S/C14H18FN3O3/c15-12-3-1-2-9-7-18(8-11(9)12)14(20)21-10(6-16)4-5-13(17)19/h1-3,10H,4-8,16H2,(H2,17,19)/t10-/m1/s1. The van der Waals surface area contributed by atoms with E-state index in [1.54, 1.807) is 12.1 Å². The van der Waals surface area contributed by atoms with Crippen LogP contribution in [0.5, 0.6) is 0 Å². The number of hydrogen-bond donors (Lipinski definition) is 2. The van der Waals surface area contributed by atoms with Crippen molar-refractivity contribution in [2.45, 2.75) is 32.0 Å². The largest absolute Gasteiger partial charge is 0.445 e. The van der Waals surface area contributed by atoms with E-state index in [4.69, 9.17) is 16.2 Å². The van der Waals surface area contributed by atoms with Gasteiger partial charge in [0.25, 0.3) is 0 Å². The summed E-state index contributed by atoms with van der Waals surface area (Å²) in [6.07, 6.45) is -0.749. The van der Waals surface area contributed by atoms with Crippen LogP contribution in [0.3, 0.4) is 0 Å². The first-order valence-electron chi connectivity index (χ1n) is 6.71. The van der Waals surface area contributed by atoms with E-state index in [9.17, 15) is 14.0 Å². The quantitative estimate of drug-likeness (QED) is 0.842. The maximum Gasteiger partial charge on any atom is 0.410 e. The summed E-state index contributed by atoms with van der Waals surface area (Å²) in [7, 11) is 0. The van der Waals surface area contributed by atoms with Crippen LogP contribution in [0.25, 0.3) is 0 Å². The average molecular weight is 295 g/mol. The maximum absolute atomic E-state index is 13.6. The molecule has 7 heteroatoms. The third-order valence-electron chi connectivity index (χ3n) is 3.43. The van der Waals surface area contributed by atoms with E-state index < -0.39 is 18.1 Å². The third-order valence-corrected chi connectivity index (χ3v) is 3.43. The van der Waals surface area contributed by atoms with Crippen molar-refractivity contribution in [2.75, 3.05) is 6.54 Å². The Morgan fingerprint density at radius 1 is 1.38 bits per heavy atom. The Balaban J connectivity index is 1.93. The Hall–Kier alpha value is -2.15. The second-order valence-corrected chi connectivity index (χ2v) is 4.98. The number of hydrogen-bond acceptors (Lipinski definition) is 4. The van der Waals surface area contributed by atoms with Gasteiger partial charge in [0.05, 0.1) is 6.54 Å². The molecule has 0 bridgehead atoms. The molecule has 21 heavy (non-hydrogen) atoms. The van der Waals surface area contributed by atoms with Gasteiger partial charge in [0, 0.05) is 25.1 Å². The number of nitrogens with zero attached hydrogens (tertiary/aromatic N) is 1. The van der Waals surface area contributed by atoms with Crippen LogP contribution in [-0.2, 0) is 22.6 Å². The van der Waals surface area contributed by atoms with E-state index in [0.29, 0.717) is 12.1 Å². The lowest BCUT2D eigenvalue weighted by atomic mass is 10.1. The average Bonchev–Trinajstić information content (AvgIpc) is 2.88. The summed E-state index contributed by atoms with van der Waals surface area (Å²) in [5, 5.41) is 0. The number of carbonyl (C=O) groups is 2. The summed E-state index contributed by atoms with van der Waals surface area (Å²) in [5.74, 6) is -0.799. The number of carbonyl (C=O) groups excluding carboxylic acids is 2. The van der Waals surface area contributed by atoms with E-state index >= 15 is 0 Å². The monoisotopic (exact) mass is 295 g/mol. The van der Waals surface area contributed by atoms with Gasteiger partial charge in [-0.25, -0.2) is 9.18 Å². The van der Waals surface area contributed by atoms with Gasteiger partial charge in [0.2, 0.25) is 5.91 Å². The molecule has 1 aliphatic rings. The molecule has 0 fully saturated rings. The number of rotatable bonds is 5. The molecule has 0 aromatic heterocycles. The summed E-state index contributed by atoms with van der Waals surface area (Å²) >= 11 is 0. The van der Waals surface area contributed by atoms with Crippen molar-refractivity contribution in [3.63, 3.8) is 0 Å². The summed E-state index contributed by atoms with van der Waals surface area (Å²) in [6.45, 7) is 0.584. The first-order chi connectivity index (χ1) is 10.0. The molecule has 2 amide bonds. The van der Waals surface area contributed by atoms with Gasteiger partial charge in [-0.15, -0.1) is 0 Å². The zero-order chi connectivity index (χ0) is 15.4. The SMILES string of the molecule is NC[C@@H](CCC(N)=O)OC(=O)N1Cc2cccc(F)c2C1. The number of benzene rings is 1. The molecule has 0 aliphatic carbocycles. The molecule has 0 unspecified atom stereocenters. The van der Waals surface area contributed by atoms with Crippen LogP contribution in [0.15, 0.2) is 18.2 Å². The van der Waals surface area contributed by atoms with Crippen LogP contribution < -0.4 is 11.5 Å². The Morgan fingerprint density at radius 3 is 2.76 bits per heavy atom. The lowest BCUT2D eigenvalue weighted by molar-refractivity contribution is -0.118. The van der Waals surface area contributed by atoms with Gasteiger partial charge in [-0.05, 0) is 18.1 Å². The molecule has 1 atom stereocenters. The van der Waals surface area contributed by atoms with Gasteiger partial charge < -0.3 is 16.2 Å². The fraction of sp³-hybridized carbons (Fsp3) is 0.429. The second kappa shape index (κ2) is 6.53. The van der Waals surface area contributed by atoms with Crippen molar-refractivity contribution in [1.82, 2.24) is 4.90 Å². The highest BCUT2D eigenvalue weighted by Crippen LogP contribution is 2.25. The minimum absolute atomic E-state index is 0.101. The Kier molecular flexibility index (Phi) is 4.74. The van der Waals surface area contributed by atoms with Crippen LogP contribution in [0.1, 0.15) is 24.0 Å². The van der Waals surface area contributed by atoms with Gasteiger partial charge in [-0.3, -0.25) is 9.69 Å². The normalized spacial score (nSPS) is 14.7. The smallest absolute Gasteiger partial charge is 0.410 e. The predicted molar refractivity (Wildman–Crippen MR) is 73.4 cm³/mol. The molecule has 6 nitrogen and oxygen atoms in total. The fourth-order valence-electron chi connectivity index (χ4n) is 2.26. The van der Waals surface area contributed by atoms with Crippen molar-refractivity contribution in [3.8, 4) is 0 Å². The van der Waals surface area contributed by atoms with Gasteiger partial charge in [-0.2, -0.15) is 0 Å². The molecule has 0 spiro atoms. The van der Waals surface area contributed by atoms with E-state index in [2.05, 4.69) is 0 Å². The number of fused-ring (bicyclic) bond motifs is 1. The lowest BCUT2D eigenvalue weighted by Gasteiger charge is -2.20. The van der Waals surface area contributed by atoms with Crippen molar-refractivity contribution in [2.24, 2.45) is 11.5 Å². The van der Waals surface area contributed by atoms with Crippen LogP contribution in [0.4, 0.5) is 9.18 Å². The van der Waals surface area contributed by atoms with E-state index in [-0.39, 0.29) is 31.7 Å². The highest BCUT2D eigenvalue weighted by molar-refractivity contribution is 5.73. The molecular formula is C14H18FN3O3. The number of nitrogens with two attached hydrogens (primary N) is 2. The Morgan fingerprint density at radius 2 is 2.14 bits per heavy atom. The molecule has 1 aliphatic heterocycles. The third kappa shape index (κ3) is 3.69. The van der Waals surface area contributed by atoms with Crippen LogP contribution in [0, 0.1) is 5.82 Å². The molecule has 1 heterocycles. The molecule has 0 saturated carbocycles. The summed E-state index contributed by atoms with van der Waals surface area (Å²) in [4.78, 5) is 24.2. The minimum Gasteiger partial charge on any atom is -0.445 e. The topological polar surface area (TPSA) is 98.6 Å². The van der Waals surface area contributed by atoms with Crippen LogP contribution >= 0.6 is 0 Å². The first-order valence-corrected chi connectivity index (χ1v) is 6.71. The van der Waals surface area contributed by atoms with Crippen LogP contribution in [0.2, 0.25) is 0 Å². The molecule has 1 aromatic carbocycles. The summed E-state index contributed by atoms with van der Waals surface area (Å²) < 4.78 is 18.9. The Bertz CT molecular complexity index is 550. The summed E-state index contributed by atoms with van der Waals surface area (Å²) in [5.41, 5.74) is 11.8. The predicted octanol–water partition coefficient (Wildman–Crippen LogP) is 0.871. The highest BCUT2D eigenvalue weighted by Gasteiger charge is 2.28. The number of primary amides is 1. The van der Waals surface area contributed by atoms with Gasteiger partial charge in [-0.1, -0.05) is 12.1 Å². The van der Waals surface area contributed by atoms with E-state index in [1.807, 2.05) is 0 Å². The van der Waals surface area contributed by atoms with Crippen molar-refractivity contribution in [3.05, 3.63) is 35.1 Å². The van der Waals surface area contributed by atoms with Gasteiger partial charge in [0.15, 0.2) is 0 Å². The molecule has 0 radical (unpaired) electrons. The molecule has 2 rings (SSSR count). The number of ether oxygens (including phenoxy) is 1. The lowest BCUT2D eigenvalue weighted by Crippen LogP contribution is -2.34. The van der Waals surface area contributed by atoms with Crippen molar-refractivity contribution >= 4 is 12.0 Å². The molecule has 0 saturated heterocycles. The minimum atomic E-state index is -0.571. The molecular weight excluding hydrogens is 277 g/mol. The van der Waals surface area contributed by atoms with Gasteiger partial charge in [0.1, 0.15) is 11.9 Å². The van der Waals surface area contributed by atoms with Crippen LogP contribution in [-0.4, -0.2) is 29.5 Å². The zero-order valence-electron chi connectivity index (χ0n) is 11.5. The fourth-order valence-corrected chi connectivity index (χ4v) is 2.26. The van der Waals surface area contributed by atoms with E-state index in [0.717, 1.165) is 5.56 Å². The molecule has 1 aromatic rings. The highest BCUT2D eigenvalue weighted by atomic mass is 19.1. The summed E-state index contributed by atoms with van der Waals surface area (Å²) in [6, 6.07) is 4.75. The first kappa shape index (κ1) is 15.2. The van der Waals surface area contributed by atoms with Crippen molar-refractivity contribution < 1.29 is 18.7 Å². The second-order valence-electron chi connectivity index (χ2n) is 4.98. The van der Waals surface area contributed by atoms with E-state index in [1.165, 1.54) is 11.0 Å². The van der Waals surface area contributed by atoms with Gasteiger partial charge >= 0.3 is 6.09 Å². The number of halogens is 1. The zero-order valence-corrected chi connectivity index (χ0v) is 11.5. The van der Waals surface area contributed by atoms with Crippen molar-refractivity contribution in [1.29, 1.82) is 0 Å². The number of amides is 2. The molecule has 114 valence electrons. The maximum atomic E-state index is 13.6. The molecule has 4 N–H and O–H groups in total.